The fourth-order valence-corrected chi connectivity index (χ4v) is 2.61. The van der Waals surface area contributed by atoms with E-state index in [2.05, 4.69) is 5.32 Å². The van der Waals surface area contributed by atoms with Crippen LogP contribution < -0.4 is 5.32 Å². The minimum Gasteiger partial charge on any atom is -0.310 e. The van der Waals surface area contributed by atoms with Crippen LogP contribution in [-0.4, -0.2) is 6.54 Å². The smallest absolute Gasteiger partial charge is 0.142 e. The van der Waals surface area contributed by atoms with Crippen LogP contribution in [0, 0.1) is 11.6 Å². The summed E-state index contributed by atoms with van der Waals surface area (Å²) in [6, 6.07) is 8.88. The summed E-state index contributed by atoms with van der Waals surface area (Å²) in [6.07, 6.45) is 0.392. The van der Waals surface area contributed by atoms with E-state index in [4.69, 9.17) is 23.2 Å². The number of rotatable bonds is 5. The molecule has 0 saturated carbocycles. The van der Waals surface area contributed by atoms with Crippen LogP contribution in [0.3, 0.4) is 0 Å². The van der Waals surface area contributed by atoms with Crippen molar-refractivity contribution in [3.63, 3.8) is 0 Å². The van der Waals surface area contributed by atoms with E-state index in [0.29, 0.717) is 29.1 Å². The molecule has 2 aromatic carbocycles. The van der Waals surface area contributed by atoms with Gasteiger partial charge in [0.15, 0.2) is 0 Å². The highest BCUT2D eigenvalue weighted by Gasteiger charge is 2.18. The minimum absolute atomic E-state index is 0.0785. The van der Waals surface area contributed by atoms with Gasteiger partial charge in [-0.1, -0.05) is 48.3 Å². The van der Waals surface area contributed by atoms with Gasteiger partial charge in [-0.25, -0.2) is 8.78 Å². The quantitative estimate of drug-likeness (QED) is 0.798. The normalized spacial score (nSPS) is 12.4. The van der Waals surface area contributed by atoms with Crippen LogP contribution in [0.25, 0.3) is 0 Å². The van der Waals surface area contributed by atoms with Crippen LogP contribution in [0.15, 0.2) is 36.4 Å². The summed E-state index contributed by atoms with van der Waals surface area (Å²) < 4.78 is 27.6. The van der Waals surface area contributed by atoms with E-state index in [1.165, 1.54) is 12.1 Å². The first-order valence-electron chi connectivity index (χ1n) is 6.64. The maximum atomic E-state index is 14.1. The van der Waals surface area contributed by atoms with Crippen LogP contribution in [-0.2, 0) is 6.42 Å². The molecule has 2 aromatic rings. The highest BCUT2D eigenvalue weighted by Crippen LogP contribution is 2.28. The second-order valence-corrected chi connectivity index (χ2v) is 5.51. The lowest BCUT2D eigenvalue weighted by Crippen LogP contribution is -2.24. The zero-order valence-electron chi connectivity index (χ0n) is 11.5. The van der Waals surface area contributed by atoms with Crippen molar-refractivity contribution >= 4 is 23.2 Å². The fourth-order valence-electron chi connectivity index (χ4n) is 2.25. The molecule has 0 aliphatic carbocycles. The molecule has 0 aromatic heterocycles. The molecule has 0 aliphatic rings. The van der Waals surface area contributed by atoms with Crippen molar-refractivity contribution in [2.24, 2.45) is 0 Å². The third-order valence-corrected chi connectivity index (χ3v) is 3.90. The van der Waals surface area contributed by atoms with Crippen LogP contribution >= 0.6 is 23.2 Å². The van der Waals surface area contributed by atoms with Crippen molar-refractivity contribution in [1.29, 1.82) is 0 Å². The van der Waals surface area contributed by atoms with Gasteiger partial charge in [0.05, 0.1) is 5.02 Å². The molecule has 0 saturated heterocycles. The molecule has 0 spiro atoms. The van der Waals surface area contributed by atoms with Gasteiger partial charge in [0.1, 0.15) is 11.6 Å². The molecule has 0 fully saturated rings. The van der Waals surface area contributed by atoms with Gasteiger partial charge in [0.25, 0.3) is 0 Å². The van der Waals surface area contributed by atoms with E-state index in [1.807, 2.05) is 6.92 Å². The van der Waals surface area contributed by atoms with Crippen molar-refractivity contribution in [2.75, 3.05) is 6.54 Å². The molecule has 21 heavy (non-hydrogen) atoms. The summed E-state index contributed by atoms with van der Waals surface area (Å²) in [5, 5.41) is 3.61. The predicted octanol–water partition coefficient (Wildman–Crippen LogP) is 5.16. The Balaban J connectivity index is 2.33. The second kappa shape index (κ2) is 7.21. The number of halogens is 4. The molecule has 0 radical (unpaired) electrons. The van der Waals surface area contributed by atoms with Gasteiger partial charge in [-0.2, -0.15) is 0 Å². The van der Waals surface area contributed by atoms with Crippen LogP contribution in [0.4, 0.5) is 8.78 Å². The van der Waals surface area contributed by atoms with Gasteiger partial charge in [-0.3, -0.25) is 0 Å². The third kappa shape index (κ3) is 3.94. The van der Waals surface area contributed by atoms with Gasteiger partial charge < -0.3 is 5.32 Å². The highest BCUT2D eigenvalue weighted by molar-refractivity contribution is 6.31. The Labute approximate surface area is 132 Å². The van der Waals surface area contributed by atoms with Crippen LogP contribution in [0.1, 0.15) is 24.1 Å². The molecular formula is C16H15Cl2F2N. The summed E-state index contributed by atoms with van der Waals surface area (Å²) in [5.41, 5.74) is 1.12. The van der Waals surface area contributed by atoms with Gasteiger partial charge in [0, 0.05) is 16.6 Å². The summed E-state index contributed by atoms with van der Waals surface area (Å²) in [7, 11) is 0. The van der Waals surface area contributed by atoms with E-state index < -0.39 is 5.82 Å². The number of likely N-dealkylation sites (N-methyl/N-ethyl adjacent to an activating group) is 1. The first kappa shape index (κ1) is 16.2. The zero-order valence-corrected chi connectivity index (χ0v) is 13.0. The average Bonchev–Trinajstić information content (AvgIpc) is 2.43. The van der Waals surface area contributed by atoms with Gasteiger partial charge in [-0.05, 0) is 36.7 Å². The van der Waals surface area contributed by atoms with Crippen molar-refractivity contribution in [1.82, 2.24) is 5.32 Å². The lowest BCUT2D eigenvalue weighted by atomic mass is 9.98. The van der Waals surface area contributed by atoms with E-state index >= 15 is 0 Å². The molecule has 0 bridgehead atoms. The Morgan fingerprint density at radius 3 is 2.52 bits per heavy atom. The number of benzene rings is 2. The Hall–Kier alpha value is -1.16. The molecule has 0 aliphatic heterocycles. The van der Waals surface area contributed by atoms with Crippen molar-refractivity contribution in [3.8, 4) is 0 Å². The van der Waals surface area contributed by atoms with E-state index in [-0.39, 0.29) is 16.9 Å². The molecule has 112 valence electrons. The molecule has 2 rings (SSSR count). The number of hydrogen-bond acceptors (Lipinski definition) is 1. The first-order chi connectivity index (χ1) is 10.0. The summed E-state index contributed by atoms with van der Waals surface area (Å²) >= 11 is 11.7. The van der Waals surface area contributed by atoms with E-state index in [1.54, 1.807) is 24.3 Å². The van der Waals surface area contributed by atoms with Gasteiger partial charge >= 0.3 is 0 Å². The van der Waals surface area contributed by atoms with Crippen molar-refractivity contribution in [3.05, 3.63) is 69.2 Å². The average molecular weight is 330 g/mol. The molecular weight excluding hydrogens is 315 g/mol. The number of hydrogen-bond donors (Lipinski definition) is 1. The van der Waals surface area contributed by atoms with Gasteiger partial charge in [0.2, 0.25) is 0 Å². The van der Waals surface area contributed by atoms with E-state index in [0.717, 1.165) is 0 Å². The maximum absolute atomic E-state index is 14.1. The Bertz CT molecular complexity index is 632. The lowest BCUT2D eigenvalue weighted by molar-refractivity contribution is 0.509. The maximum Gasteiger partial charge on any atom is 0.142 e. The largest absolute Gasteiger partial charge is 0.310 e. The predicted molar refractivity (Wildman–Crippen MR) is 82.9 cm³/mol. The molecule has 0 heterocycles. The van der Waals surface area contributed by atoms with Crippen LogP contribution in [0.2, 0.25) is 10.0 Å². The molecule has 5 heteroatoms. The third-order valence-electron chi connectivity index (χ3n) is 3.24. The molecule has 1 N–H and O–H groups in total. The van der Waals surface area contributed by atoms with Gasteiger partial charge in [-0.15, -0.1) is 0 Å². The Morgan fingerprint density at radius 2 is 1.86 bits per heavy atom. The fraction of sp³-hybridized carbons (Fsp3) is 0.250. The number of nitrogens with one attached hydrogen (secondary N) is 1. The molecule has 1 nitrogen and oxygen atoms in total. The first-order valence-corrected chi connectivity index (χ1v) is 7.39. The van der Waals surface area contributed by atoms with Crippen LogP contribution in [0.5, 0.6) is 0 Å². The van der Waals surface area contributed by atoms with E-state index in [9.17, 15) is 8.78 Å². The SMILES string of the molecule is CCNC(Cc1cccc(F)c1Cl)c1ccc(Cl)cc1F. The zero-order chi connectivity index (χ0) is 15.4. The Morgan fingerprint density at radius 1 is 1.10 bits per heavy atom. The summed E-state index contributed by atoms with van der Waals surface area (Å²) in [5.74, 6) is -0.859. The Kier molecular flexibility index (Phi) is 5.57. The summed E-state index contributed by atoms with van der Waals surface area (Å²) in [6.45, 7) is 2.58. The highest BCUT2D eigenvalue weighted by atomic mass is 35.5. The molecule has 0 amide bonds. The lowest BCUT2D eigenvalue weighted by Gasteiger charge is -2.20. The second-order valence-electron chi connectivity index (χ2n) is 4.69. The standard InChI is InChI=1S/C16H15Cl2F2N/c1-2-21-15(12-7-6-11(17)9-14(12)20)8-10-4-3-5-13(19)16(10)18/h3-7,9,15,21H,2,8H2,1H3. The monoisotopic (exact) mass is 329 g/mol. The van der Waals surface area contributed by atoms with Crippen molar-refractivity contribution < 1.29 is 8.78 Å². The topological polar surface area (TPSA) is 12.0 Å². The minimum atomic E-state index is -0.471. The molecule has 1 unspecified atom stereocenters. The summed E-state index contributed by atoms with van der Waals surface area (Å²) in [4.78, 5) is 0. The van der Waals surface area contributed by atoms with Crippen molar-refractivity contribution in [2.45, 2.75) is 19.4 Å². The molecule has 1 atom stereocenters.